The molecule has 3 atom stereocenters. The first kappa shape index (κ1) is 86.4. The number of alkyl carbamates (subject to hydrolysis) is 2. The molecule has 0 radical (unpaired) electrons. The Morgan fingerprint density at radius 2 is 0.877 bits per heavy atom. The van der Waals surface area contributed by atoms with Gasteiger partial charge in [0.1, 0.15) is 22.6 Å². The zero-order valence-corrected chi connectivity index (χ0v) is 68.2. The second-order valence-corrected chi connectivity index (χ2v) is 33.7. The van der Waals surface area contributed by atoms with Crippen molar-refractivity contribution in [2.24, 2.45) is 23.3 Å². The number of nitrogens with two attached hydrogens (primary N) is 2. The van der Waals surface area contributed by atoms with Gasteiger partial charge in [-0.05, 0) is 263 Å². The molecule has 10 N–H and O–H groups in total. The zero-order valence-electron chi connectivity index (χ0n) is 66.6. The molecular weight excluding hydrogens is 1480 g/mol. The molecule has 2 fully saturated rings. The number of anilines is 2. The van der Waals surface area contributed by atoms with Crippen LogP contribution in [0.25, 0.3) is 17.1 Å². The lowest BCUT2D eigenvalue weighted by atomic mass is 9.79. The molecule has 114 heavy (non-hydrogen) atoms. The lowest BCUT2D eigenvalue weighted by Gasteiger charge is -2.38. The number of halogens is 1. The first-order valence-corrected chi connectivity index (χ1v) is 38.9. The van der Waals surface area contributed by atoms with Crippen molar-refractivity contribution in [1.29, 1.82) is 10.5 Å². The van der Waals surface area contributed by atoms with Crippen LogP contribution in [0.3, 0.4) is 0 Å². The Labute approximate surface area is 675 Å². The molecule has 0 spiro atoms. The molecule has 2 saturated carbocycles. The van der Waals surface area contributed by atoms with E-state index in [1.165, 1.54) is 36.4 Å². The van der Waals surface area contributed by atoms with E-state index in [-0.39, 0.29) is 43.0 Å². The van der Waals surface area contributed by atoms with Crippen LogP contribution in [0.2, 0.25) is 0 Å². The van der Waals surface area contributed by atoms with Crippen LogP contribution >= 0.6 is 12.4 Å². The van der Waals surface area contributed by atoms with Gasteiger partial charge in [0.25, 0.3) is 11.8 Å². The summed E-state index contributed by atoms with van der Waals surface area (Å²) < 4.78 is 32.0. The number of rotatable bonds is 25. The van der Waals surface area contributed by atoms with Crippen LogP contribution in [0.5, 0.6) is 0 Å². The Hall–Kier alpha value is -11.6. The first-order valence-electron chi connectivity index (χ1n) is 37.8. The molecule has 12 rings (SSSR count). The quantitative estimate of drug-likeness (QED) is 0.0263. The summed E-state index contributed by atoms with van der Waals surface area (Å²) in [5.41, 5.74) is 23.4. The van der Waals surface area contributed by atoms with E-state index >= 15 is 0 Å². The van der Waals surface area contributed by atoms with Gasteiger partial charge in [-0.15, -0.1) is 12.4 Å². The Morgan fingerprint density at radius 3 is 1.30 bits per heavy atom. The molecule has 24 nitrogen and oxygen atoms in total. The third-order valence-electron chi connectivity index (χ3n) is 18.9. The number of ether oxygens (including phenoxy) is 2. The lowest BCUT2D eigenvalue weighted by molar-refractivity contribution is 0.0512. The average Bonchev–Trinajstić information content (AvgIpc) is 0.786. The van der Waals surface area contributed by atoms with E-state index in [4.69, 9.17) is 20.9 Å². The zero-order chi connectivity index (χ0) is 81.6. The van der Waals surface area contributed by atoms with E-state index in [9.17, 15) is 43.8 Å². The van der Waals surface area contributed by atoms with Gasteiger partial charge < -0.3 is 47.3 Å². The van der Waals surface area contributed by atoms with Gasteiger partial charge >= 0.3 is 18.2 Å². The fourth-order valence-corrected chi connectivity index (χ4v) is 13.8. The van der Waals surface area contributed by atoms with Crippen molar-refractivity contribution in [3.63, 3.8) is 0 Å². The summed E-state index contributed by atoms with van der Waals surface area (Å²) in [7, 11) is -1.45. The number of aromatic nitrogens is 6. The number of carbonyl (C=O) groups is 5. The minimum atomic E-state index is -1.45. The van der Waals surface area contributed by atoms with Crippen molar-refractivity contribution >= 4 is 64.7 Å². The molecule has 0 saturated heterocycles. The maximum atomic E-state index is 14.0. The smallest absolute Gasteiger partial charge is 0.407 e. The van der Waals surface area contributed by atoms with E-state index in [1.54, 1.807) is 79.5 Å². The summed E-state index contributed by atoms with van der Waals surface area (Å²) in [5, 5.41) is 53.4. The summed E-state index contributed by atoms with van der Waals surface area (Å²) >= 11 is 0. The monoisotopic (exact) mass is 1580 g/mol. The molecular formula is C88H102ClN15O9S. The van der Waals surface area contributed by atoms with Gasteiger partial charge in [0, 0.05) is 31.0 Å². The predicted octanol–water partition coefficient (Wildman–Crippen LogP) is 16.3. The highest BCUT2D eigenvalue weighted by atomic mass is 35.5. The summed E-state index contributed by atoms with van der Waals surface area (Å²) in [4.78, 5) is 62.6. The van der Waals surface area contributed by atoms with Gasteiger partial charge in [-0.25, -0.2) is 37.4 Å². The number of hydrogen-bond acceptors (Lipinski definition) is 15. The minimum Gasteiger partial charge on any atom is -0.477 e. The topological polar surface area (TPSA) is 354 Å². The molecule has 26 heteroatoms. The number of nitrogens with one attached hydrogen (secondary N) is 5. The Balaban J connectivity index is 0.000000208. The Morgan fingerprint density at radius 1 is 0.509 bits per heavy atom. The second kappa shape index (κ2) is 37.4. The number of carboxylic acid groups (broad SMARTS) is 1. The van der Waals surface area contributed by atoms with E-state index in [2.05, 4.69) is 53.4 Å². The lowest BCUT2D eigenvalue weighted by Crippen LogP contribution is -2.49. The largest absolute Gasteiger partial charge is 0.477 e. The molecule has 0 aliphatic heterocycles. The molecule has 7 aromatic carbocycles. The molecule has 2 aliphatic carbocycles. The Kier molecular flexibility index (Phi) is 28.3. The number of aromatic carboxylic acids is 1. The molecule has 3 heterocycles. The number of amides is 4. The van der Waals surface area contributed by atoms with E-state index in [0.29, 0.717) is 81.5 Å². The van der Waals surface area contributed by atoms with Crippen LogP contribution in [-0.2, 0) is 51.2 Å². The third-order valence-corrected chi connectivity index (χ3v) is 20.5. The molecule has 10 aromatic rings. The number of nitriles is 2. The maximum Gasteiger partial charge on any atom is 0.407 e. The van der Waals surface area contributed by atoms with Crippen molar-refractivity contribution < 1.29 is 42.8 Å². The highest BCUT2D eigenvalue weighted by Gasteiger charge is 2.41. The van der Waals surface area contributed by atoms with Gasteiger partial charge in [-0.2, -0.15) is 25.8 Å². The standard InChI is InChI=1S/C40H48N6O4S.C31H32N6O.C17H21N3O4.ClH/c1-27-21-35(46(44-27)34-16-9-12-30(23-34)26-42-37(48)50-38(2,3)4)36(47)43-33-15-10-14-32(24-33)40(20-19-28-17-18-28,45-51(49)39(5,6)7)31-13-8-11-29(22-31)25-41;1-21-15-29(37(36-21)28-10-3-6-24(17-28)20-33)30(38)35-27-9-4-8-26(18-27)31(34,14-13-22-11-12-22)25-7-2-5-23(16-25)19-32;1-11-8-14(15(21)22)20(19-11)13-7-5-6-12(9-13)10-18-16(23)24-17(2,3)4;/h8-16,21-24,28,45H,17-20,26H2,1-7H3,(H,42,48)(H,43,47);2-10,15-18,22H,11-14,20,33-34H2,1H3,(H,35,38);5-9H,10H2,1-4H3,(H,18,23)(H,21,22);1H/t40?,51-;;;/m1.../s1. The summed E-state index contributed by atoms with van der Waals surface area (Å²) in [6.07, 6.45) is 7.16. The minimum absolute atomic E-state index is 0. The normalized spacial score (nSPS) is 13.9. The summed E-state index contributed by atoms with van der Waals surface area (Å²) in [6, 6.07) is 62.1. The van der Waals surface area contributed by atoms with Crippen LogP contribution in [0, 0.1) is 55.3 Å². The van der Waals surface area contributed by atoms with Crippen molar-refractivity contribution in [3.05, 3.63) is 272 Å². The fourth-order valence-electron chi connectivity index (χ4n) is 12.9. The van der Waals surface area contributed by atoms with E-state index in [0.717, 1.165) is 69.6 Å². The summed E-state index contributed by atoms with van der Waals surface area (Å²) in [5.74, 6) is -0.361. The van der Waals surface area contributed by atoms with Gasteiger partial charge in [0.05, 0.1) is 84.2 Å². The Bertz CT molecular complexity index is 5220. The van der Waals surface area contributed by atoms with Crippen molar-refractivity contribution in [2.75, 3.05) is 10.6 Å². The second-order valence-electron chi connectivity index (χ2n) is 31.8. The van der Waals surface area contributed by atoms with Crippen molar-refractivity contribution in [1.82, 2.24) is 44.7 Å². The predicted molar refractivity (Wildman–Crippen MR) is 445 cm³/mol. The first-order chi connectivity index (χ1) is 53.6. The third kappa shape index (κ3) is 23.5. The van der Waals surface area contributed by atoms with Gasteiger partial charge in [-0.1, -0.05) is 111 Å². The van der Waals surface area contributed by atoms with Crippen LogP contribution < -0.4 is 37.5 Å². The van der Waals surface area contributed by atoms with Crippen LogP contribution in [-0.4, -0.2) is 84.6 Å². The summed E-state index contributed by atoms with van der Waals surface area (Å²) in [6.45, 7) is 22.9. The number of benzene rings is 7. The molecule has 0 bridgehead atoms. The number of nitrogens with zero attached hydrogens (tertiary/aromatic N) is 8. The number of carboxylic acids is 1. The van der Waals surface area contributed by atoms with Gasteiger partial charge in [-0.3, -0.25) is 9.59 Å². The SMILES string of the molecule is Cc1cc(C(=O)Nc2cccc(C(CCC3CC3)(N[S@](=O)C(C)(C)C)c3cccc(C#N)c3)c2)n(-c2cccc(CNC(=O)OC(C)(C)C)c2)n1.Cc1cc(C(=O)Nc2cccc(C(N)(CCC3CC3)c3cccc(C#N)c3)c2)n(-c2cccc(CN)c2)n1.Cc1cc(C(=O)O)n(-c2cccc(CNC(=O)OC(C)(C)C)c2)n1.Cl. The molecule has 4 amide bonds. The molecule has 2 unspecified atom stereocenters. The number of hydrogen-bond donors (Lipinski definition) is 8. The number of aryl methyl sites for hydroxylation is 3. The van der Waals surface area contributed by atoms with Crippen molar-refractivity contribution in [3.8, 4) is 29.2 Å². The molecule has 3 aromatic heterocycles. The maximum absolute atomic E-state index is 14.0. The van der Waals surface area contributed by atoms with E-state index in [1.807, 2.05) is 195 Å². The highest BCUT2D eigenvalue weighted by molar-refractivity contribution is 7.84. The van der Waals surface area contributed by atoms with Crippen LogP contribution in [0.4, 0.5) is 21.0 Å². The number of carbonyl (C=O) groups excluding carboxylic acids is 4. The average molecular weight is 1580 g/mol. The van der Waals surface area contributed by atoms with Gasteiger partial charge in [0.15, 0.2) is 5.69 Å². The van der Waals surface area contributed by atoms with Crippen molar-refractivity contribution in [2.45, 2.75) is 181 Å². The molecule has 596 valence electrons. The van der Waals surface area contributed by atoms with Gasteiger partial charge in [0.2, 0.25) is 0 Å². The fraction of sp³-hybridized carbons (Fsp3) is 0.341. The highest BCUT2D eigenvalue weighted by Crippen LogP contribution is 2.44. The van der Waals surface area contributed by atoms with Crippen LogP contribution in [0.15, 0.2) is 188 Å². The van der Waals surface area contributed by atoms with E-state index < -0.39 is 56.2 Å². The molecule has 2 aliphatic rings. The van der Waals surface area contributed by atoms with Crippen LogP contribution in [0.1, 0.15) is 212 Å².